The van der Waals surface area contributed by atoms with Crippen molar-refractivity contribution in [3.05, 3.63) is 99.5 Å². The Kier molecular flexibility index (Phi) is 5.77. The summed E-state index contributed by atoms with van der Waals surface area (Å²) in [5, 5.41) is 3.59. The lowest BCUT2D eigenvalue weighted by Crippen LogP contribution is -2.40. The van der Waals surface area contributed by atoms with Crippen LogP contribution in [0.2, 0.25) is 0 Å². The van der Waals surface area contributed by atoms with Crippen LogP contribution in [0.5, 0.6) is 0 Å². The fraction of sp³-hybridized carbons (Fsp3) is 0.208. The highest BCUT2D eigenvalue weighted by Gasteiger charge is 2.19. The maximum Gasteiger partial charge on any atom is 0.199 e. The van der Waals surface area contributed by atoms with Gasteiger partial charge in [0.15, 0.2) is 5.96 Å². The van der Waals surface area contributed by atoms with Crippen molar-refractivity contribution in [2.75, 3.05) is 11.9 Å². The molecule has 1 N–H and O–H groups in total. The lowest BCUT2D eigenvalue weighted by atomic mass is 10.0. The van der Waals surface area contributed by atoms with E-state index >= 15 is 0 Å². The summed E-state index contributed by atoms with van der Waals surface area (Å²) in [6.45, 7) is 4.60. The molecule has 0 aliphatic carbocycles. The van der Waals surface area contributed by atoms with Crippen LogP contribution in [0.1, 0.15) is 22.3 Å². The Balaban J connectivity index is 1.62. The van der Waals surface area contributed by atoms with Gasteiger partial charge in [-0.2, -0.15) is 0 Å². The number of guanidine groups is 1. The first-order valence-corrected chi connectivity index (χ1v) is 10.4. The smallest absolute Gasteiger partial charge is 0.199 e. The highest BCUT2D eigenvalue weighted by molar-refractivity contribution is 9.10. The van der Waals surface area contributed by atoms with Crippen molar-refractivity contribution in [3.63, 3.8) is 0 Å². The molecule has 0 aromatic heterocycles. The number of benzene rings is 3. The van der Waals surface area contributed by atoms with E-state index in [1.807, 2.05) is 6.07 Å². The molecule has 3 aromatic rings. The third kappa shape index (κ3) is 4.45. The summed E-state index contributed by atoms with van der Waals surface area (Å²) in [6.07, 6.45) is 1.04. The molecular formula is C24H24BrN3. The zero-order valence-electron chi connectivity index (χ0n) is 16.0. The number of rotatable bonds is 3. The Labute approximate surface area is 175 Å². The Morgan fingerprint density at radius 2 is 1.75 bits per heavy atom. The van der Waals surface area contributed by atoms with E-state index in [-0.39, 0.29) is 0 Å². The van der Waals surface area contributed by atoms with Gasteiger partial charge in [-0.15, -0.1) is 0 Å². The maximum atomic E-state index is 4.97. The standard InChI is InChI=1S/C24H24BrN3/c1-18-11-12-22(25)23(15-18)27-24(26-16-19-7-3-2-4-8-19)28-14-13-20-9-5-6-10-21(20)17-28/h2-12,15H,13-14,16-17H2,1H3,(H,26,27). The van der Waals surface area contributed by atoms with Gasteiger partial charge in [-0.25, -0.2) is 4.99 Å². The van der Waals surface area contributed by atoms with Gasteiger partial charge in [0.2, 0.25) is 0 Å². The van der Waals surface area contributed by atoms with Crippen molar-refractivity contribution in [2.24, 2.45) is 4.99 Å². The summed E-state index contributed by atoms with van der Waals surface area (Å²) in [5.41, 5.74) is 6.30. The number of aliphatic imine (C=N–C) groups is 1. The molecule has 1 aliphatic rings. The topological polar surface area (TPSA) is 27.6 Å². The second-order valence-electron chi connectivity index (χ2n) is 7.17. The highest BCUT2D eigenvalue weighted by atomic mass is 79.9. The number of nitrogens with zero attached hydrogens (tertiary/aromatic N) is 2. The molecule has 0 radical (unpaired) electrons. The van der Waals surface area contributed by atoms with Crippen molar-refractivity contribution in [2.45, 2.75) is 26.4 Å². The fourth-order valence-electron chi connectivity index (χ4n) is 3.50. The molecule has 3 nitrogen and oxygen atoms in total. The molecule has 142 valence electrons. The monoisotopic (exact) mass is 433 g/mol. The third-order valence-corrected chi connectivity index (χ3v) is 5.74. The molecule has 0 saturated heterocycles. The second-order valence-corrected chi connectivity index (χ2v) is 8.03. The number of halogens is 1. The van der Waals surface area contributed by atoms with Gasteiger partial charge in [0.1, 0.15) is 0 Å². The number of aryl methyl sites for hydroxylation is 1. The van der Waals surface area contributed by atoms with Gasteiger partial charge >= 0.3 is 0 Å². The van der Waals surface area contributed by atoms with E-state index in [0.29, 0.717) is 6.54 Å². The first-order valence-electron chi connectivity index (χ1n) is 9.62. The van der Waals surface area contributed by atoms with E-state index in [2.05, 4.69) is 99.8 Å². The van der Waals surface area contributed by atoms with Crippen molar-refractivity contribution >= 4 is 27.6 Å². The summed E-state index contributed by atoms with van der Waals surface area (Å²) in [4.78, 5) is 7.31. The molecule has 4 heteroatoms. The SMILES string of the molecule is Cc1ccc(Br)c(NC(=NCc2ccccc2)N2CCc3ccccc3C2)c1. The van der Waals surface area contributed by atoms with Crippen LogP contribution in [0.4, 0.5) is 5.69 Å². The van der Waals surface area contributed by atoms with Crippen molar-refractivity contribution in [1.82, 2.24) is 4.90 Å². The van der Waals surface area contributed by atoms with Gasteiger partial charge in [-0.1, -0.05) is 60.7 Å². The number of hydrogen-bond donors (Lipinski definition) is 1. The van der Waals surface area contributed by atoms with Crippen molar-refractivity contribution in [1.29, 1.82) is 0 Å². The Hall–Kier alpha value is -2.59. The molecule has 0 spiro atoms. The molecule has 0 saturated carbocycles. The van der Waals surface area contributed by atoms with Gasteiger partial charge in [-0.3, -0.25) is 0 Å². The summed E-state index contributed by atoms with van der Waals surface area (Å²) >= 11 is 3.67. The van der Waals surface area contributed by atoms with E-state index < -0.39 is 0 Å². The first kappa shape index (κ1) is 18.8. The van der Waals surface area contributed by atoms with Crippen LogP contribution < -0.4 is 5.32 Å². The Morgan fingerprint density at radius 3 is 2.57 bits per heavy atom. The number of hydrogen-bond acceptors (Lipinski definition) is 1. The van der Waals surface area contributed by atoms with E-state index in [4.69, 9.17) is 4.99 Å². The molecule has 0 amide bonds. The lowest BCUT2D eigenvalue weighted by molar-refractivity contribution is 0.391. The molecule has 4 rings (SSSR count). The van der Waals surface area contributed by atoms with Crippen LogP contribution in [-0.4, -0.2) is 17.4 Å². The van der Waals surface area contributed by atoms with Crippen LogP contribution in [0.3, 0.4) is 0 Å². The minimum atomic E-state index is 0.657. The average Bonchev–Trinajstić information content (AvgIpc) is 2.74. The van der Waals surface area contributed by atoms with E-state index in [1.165, 1.54) is 22.3 Å². The summed E-state index contributed by atoms with van der Waals surface area (Å²) < 4.78 is 1.04. The number of fused-ring (bicyclic) bond motifs is 1. The van der Waals surface area contributed by atoms with E-state index in [0.717, 1.165) is 35.6 Å². The van der Waals surface area contributed by atoms with Crippen LogP contribution in [0.25, 0.3) is 0 Å². The largest absolute Gasteiger partial charge is 0.338 e. The molecule has 0 bridgehead atoms. The van der Waals surface area contributed by atoms with Gasteiger partial charge in [0.25, 0.3) is 0 Å². The normalized spacial score (nSPS) is 13.9. The summed E-state index contributed by atoms with van der Waals surface area (Å²) in [5.74, 6) is 0.921. The molecule has 3 aromatic carbocycles. The van der Waals surface area contributed by atoms with Crippen molar-refractivity contribution < 1.29 is 0 Å². The van der Waals surface area contributed by atoms with Gasteiger partial charge in [0.05, 0.1) is 12.2 Å². The Morgan fingerprint density at radius 1 is 1.00 bits per heavy atom. The maximum absolute atomic E-state index is 4.97. The molecule has 1 aliphatic heterocycles. The molecular weight excluding hydrogens is 410 g/mol. The van der Waals surface area contributed by atoms with Crippen molar-refractivity contribution in [3.8, 4) is 0 Å². The molecule has 0 fully saturated rings. The van der Waals surface area contributed by atoms with Crippen LogP contribution in [0.15, 0.2) is 82.3 Å². The fourth-order valence-corrected chi connectivity index (χ4v) is 3.85. The Bertz CT molecular complexity index is 982. The quantitative estimate of drug-likeness (QED) is 0.418. The highest BCUT2D eigenvalue weighted by Crippen LogP contribution is 2.25. The van der Waals surface area contributed by atoms with E-state index in [1.54, 1.807) is 0 Å². The molecule has 28 heavy (non-hydrogen) atoms. The van der Waals surface area contributed by atoms with Crippen LogP contribution >= 0.6 is 15.9 Å². The predicted molar refractivity (Wildman–Crippen MR) is 121 cm³/mol. The lowest BCUT2D eigenvalue weighted by Gasteiger charge is -2.32. The second kappa shape index (κ2) is 8.61. The summed E-state index contributed by atoms with van der Waals surface area (Å²) in [6, 6.07) is 25.4. The number of anilines is 1. The zero-order valence-corrected chi connectivity index (χ0v) is 17.6. The zero-order chi connectivity index (χ0) is 19.3. The van der Waals surface area contributed by atoms with Gasteiger partial charge < -0.3 is 10.2 Å². The minimum Gasteiger partial charge on any atom is -0.338 e. The van der Waals surface area contributed by atoms with Gasteiger partial charge in [-0.05, 0) is 63.7 Å². The van der Waals surface area contributed by atoms with Gasteiger partial charge in [0, 0.05) is 17.6 Å². The summed E-state index contributed by atoms with van der Waals surface area (Å²) in [7, 11) is 0. The number of nitrogens with one attached hydrogen (secondary N) is 1. The van der Waals surface area contributed by atoms with Crippen LogP contribution in [0, 0.1) is 6.92 Å². The minimum absolute atomic E-state index is 0.657. The predicted octanol–water partition coefficient (Wildman–Crippen LogP) is 5.78. The third-order valence-electron chi connectivity index (χ3n) is 5.05. The molecule has 0 atom stereocenters. The molecule has 1 heterocycles. The van der Waals surface area contributed by atoms with E-state index in [9.17, 15) is 0 Å². The molecule has 0 unspecified atom stereocenters. The van der Waals surface area contributed by atoms with Crippen LogP contribution in [-0.2, 0) is 19.5 Å². The average molecular weight is 434 g/mol. The first-order chi connectivity index (χ1) is 13.7.